The second kappa shape index (κ2) is 16.8. The Hall–Kier alpha value is -0.673. The number of aliphatic hydroxyl groups excluding tert-OH is 1. The summed E-state index contributed by atoms with van der Waals surface area (Å²) in [5.41, 5.74) is -0.630. The zero-order chi connectivity index (χ0) is 30.6. The van der Waals surface area contributed by atoms with Crippen LogP contribution in [0.4, 0.5) is 4.79 Å². The van der Waals surface area contributed by atoms with Gasteiger partial charge in [0, 0.05) is 0 Å². The second-order valence-corrected chi connectivity index (χ2v) is 19.6. The lowest BCUT2D eigenvalue weighted by atomic mass is 9.97. The minimum absolute atomic E-state index is 0.0176. The van der Waals surface area contributed by atoms with Gasteiger partial charge in [-0.05, 0) is 59.2 Å². The molecule has 238 valence electrons. The molecule has 0 aromatic heterocycles. The fourth-order valence-corrected chi connectivity index (χ4v) is 5.83. The van der Waals surface area contributed by atoms with Crippen molar-refractivity contribution in [3.05, 3.63) is 0 Å². The van der Waals surface area contributed by atoms with Crippen molar-refractivity contribution in [1.82, 2.24) is 5.32 Å². The molecule has 1 aliphatic heterocycles. The average Bonchev–Trinajstić information content (AvgIpc) is 3.13. The van der Waals surface area contributed by atoms with Crippen molar-refractivity contribution in [2.24, 2.45) is 0 Å². The highest BCUT2D eigenvalue weighted by molar-refractivity contribution is 6.74. The van der Waals surface area contributed by atoms with Gasteiger partial charge in [0.2, 0.25) is 0 Å². The molecule has 0 aromatic carbocycles. The van der Waals surface area contributed by atoms with Crippen molar-refractivity contribution >= 4 is 14.4 Å². The fourth-order valence-electron chi connectivity index (χ4n) is 4.80. The predicted molar refractivity (Wildman–Crippen MR) is 167 cm³/mol. The van der Waals surface area contributed by atoms with Crippen LogP contribution in [0.5, 0.6) is 0 Å². The minimum atomic E-state index is -2.10. The number of aliphatic hydroxyl groups is 1. The lowest BCUT2D eigenvalue weighted by Gasteiger charge is -2.38. The third-order valence-electron chi connectivity index (χ3n) is 8.17. The second-order valence-electron chi connectivity index (χ2n) is 14.8. The number of ether oxygens (including phenoxy) is 3. The number of amides is 1. The molecule has 1 amide bonds. The molecular formula is C32H65NO6Si. The summed E-state index contributed by atoms with van der Waals surface area (Å²) >= 11 is 0. The van der Waals surface area contributed by atoms with Crippen LogP contribution >= 0.6 is 0 Å². The highest BCUT2D eigenvalue weighted by atomic mass is 28.4. The molecule has 0 aliphatic carbocycles. The van der Waals surface area contributed by atoms with Gasteiger partial charge in [-0.1, -0.05) is 98.3 Å². The van der Waals surface area contributed by atoms with Crippen molar-refractivity contribution in [2.45, 2.75) is 193 Å². The van der Waals surface area contributed by atoms with E-state index in [0.717, 1.165) is 12.8 Å². The summed E-state index contributed by atoms with van der Waals surface area (Å²) in [5, 5.41) is 14.3. The van der Waals surface area contributed by atoms with Crippen LogP contribution in [0.25, 0.3) is 0 Å². The summed E-state index contributed by atoms with van der Waals surface area (Å²) in [7, 11) is -2.10. The zero-order valence-electron chi connectivity index (χ0n) is 28.0. The van der Waals surface area contributed by atoms with Gasteiger partial charge in [-0.25, -0.2) is 4.79 Å². The molecule has 0 saturated carbocycles. The molecule has 4 atom stereocenters. The molecule has 0 bridgehead atoms. The van der Waals surface area contributed by atoms with Gasteiger partial charge >= 0.3 is 6.09 Å². The smallest absolute Gasteiger partial charge is 0.408 e. The maximum absolute atomic E-state index is 12.8. The van der Waals surface area contributed by atoms with E-state index in [1.165, 1.54) is 57.8 Å². The van der Waals surface area contributed by atoms with E-state index < -0.39 is 50.2 Å². The van der Waals surface area contributed by atoms with Crippen LogP contribution in [0.1, 0.15) is 139 Å². The van der Waals surface area contributed by atoms with Gasteiger partial charge in [0.1, 0.15) is 17.8 Å². The number of rotatable bonds is 18. The lowest BCUT2D eigenvalue weighted by molar-refractivity contribution is -0.157. The first kappa shape index (κ1) is 37.4. The Morgan fingerprint density at radius 3 is 1.82 bits per heavy atom. The summed E-state index contributed by atoms with van der Waals surface area (Å²) in [5.74, 6) is -0.877. The molecule has 1 fully saturated rings. The molecule has 1 unspecified atom stereocenters. The highest BCUT2D eigenvalue weighted by Gasteiger charge is 2.49. The minimum Gasteiger partial charge on any atom is -0.444 e. The lowest BCUT2D eigenvalue weighted by Crippen LogP contribution is -2.55. The maximum atomic E-state index is 12.8. The first-order chi connectivity index (χ1) is 18.4. The molecular weight excluding hydrogens is 522 g/mol. The first-order valence-corrected chi connectivity index (χ1v) is 19.0. The number of alkyl carbamates (subject to hydrolysis) is 1. The number of hydrogen-bond acceptors (Lipinski definition) is 6. The summed E-state index contributed by atoms with van der Waals surface area (Å²) < 4.78 is 24.6. The molecule has 1 aliphatic rings. The number of nitrogens with one attached hydrogen (secondary N) is 1. The third-order valence-corrected chi connectivity index (χ3v) is 12.7. The Kier molecular flexibility index (Phi) is 15.7. The van der Waals surface area contributed by atoms with E-state index >= 15 is 0 Å². The first-order valence-electron chi connectivity index (χ1n) is 16.1. The van der Waals surface area contributed by atoms with Crippen LogP contribution in [0.15, 0.2) is 0 Å². The summed E-state index contributed by atoms with van der Waals surface area (Å²) in [6, 6.07) is -0.525. The largest absolute Gasteiger partial charge is 0.444 e. The average molecular weight is 588 g/mol. The highest BCUT2D eigenvalue weighted by Crippen LogP contribution is 2.38. The Morgan fingerprint density at radius 1 is 0.875 bits per heavy atom. The van der Waals surface area contributed by atoms with Crippen molar-refractivity contribution < 1.29 is 28.5 Å². The topological polar surface area (TPSA) is 86.3 Å². The number of unbranched alkanes of at least 4 members (excludes halogenated alkanes) is 10. The SMILES string of the molecule is CCCCCCCCCCCCCC(O)[C@H]1OC(C)(C)O[C@H]1[C@H](CO[Si](C)(C)C(C)(C)C)NC(=O)OC(C)(C)C. The van der Waals surface area contributed by atoms with Crippen molar-refractivity contribution in [1.29, 1.82) is 0 Å². The van der Waals surface area contributed by atoms with Gasteiger partial charge in [-0.3, -0.25) is 0 Å². The van der Waals surface area contributed by atoms with E-state index in [9.17, 15) is 9.90 Å². The van der Waals surface area contributed by atoms with Crippen molar-refractivity contribution in [3.63, 3.8) is 0 Å². The van der Waals surface area contributed by atoms with Gasteiger partial charge in [-0.15, -0.1) is 0 Å². The number of carbonyl (C=O) groups excluding carboxylic acids is 1. The molecule has 1 rings (SSSR count). The van der Waals surface area contributed by atoms with Gasteiger partial charge in [-0.2, -0.15) is 0 Å². The Labute approximate surface area is 248 Å². The quantitative estimate of drug-likeness (QED) is 0.124. The van der Waals surface area contributed by atoms with Crippen molar-refractivity contribution in [3.8, 4) is 0 Å². The fraction of sp³-hybridized carbons (Fsp3) is 0.969. The maximum Gasteiger partial charge on any atom is 0.408 e. The summed E-state index contributed by atoms with van der Waals surface area (Å²) in [6.07, 6.45) is 12.2. The van der Waals surface area contributed by atoms with Crippen LogP contribution in [0, 0.1) is 0 Å². The van der Waals surface area contributed by atoms with E-state index in [1.807, 2.05) is 34.6 Å². The third kappa shape index (κ3) is 14.5. The predicted octanol–water partition coefficient (Wildman–Crippen LogP) is 8.48. The van der Waals surface area contributed by atoms with Crippen LogP contribution in [0.2, 0.25) is 18.1 Å². The number of carbonyl (C=O) groups is 1. The van der Waals surface area contributed by atoms with Gasteiger partial charge in [0.05, 0.1) is 18.8 Å². The standard InChI is InChI=1S/C32H65NO6Si/c1-12-13-14-15-16-17-18-19-20-21-22-23-26(34)28-27(37-32(8,9)38-28)25(33-29(35)39-30(2,3)4)24-36-40(10,11)31(5,6)7/h25-28,34H,12-24H2,1-11H3,(H,33,35)/t25-,26?,27-,28+/m0/s1. The van der Waals surface area contributed by atoms with Crippen LogP contribution < -0.4 is 5.32 Å². The van der Waals surface area contributed by atoms with Crippen LogP contribution in [0.3, 0.4) is 0 Å². The van der Waals surface area contributed by atoms with Gasteiger partial charge in [0.15, 0.2) is 14.1 Å². The molecule has 8 heteroatoms. The van der Waals surface area contributed by atoms with Crippen LogP contribution in [-0.4, -0.2) is 61.9 Å². The molecule has 0 radical (unpaired) electrons. The zero-order valence-corrected chi connectivity index (χ0v) is 29.0. The monoisotopic (exact) mass is 587 g/mol. The molecule has 1 heterocycles. The van der Waals surface area contributed by atoms with E-state index in [0.29, 0.717) is 6.42 Å². The van der Waals surface area contributed by atoms with E-state index in [-0.39, 0.29) is 11.6 Å². The van der Waals surface area contributed by atoms with Crippen molar-refractivity contribution in [2.75, 3.05) is 6.61 Å². The van der Waals surface area contributed by atoms with Gasteiger partial charge in [0.25, 0.3) is 0 Å². The van der Waals surface area contributed by atoms with Crippen LogP contribution in [-0.2, 0) is 18.6 Å². The number of hydrogen-bond donors (Lipinski definition) is 2. The normalized spacial score (nSPS) is 21.3. The van der Waals surface area contributed by atoms with E-state index in [4.69, 9.17) is 18.6 Å². The molecule has 0 spiro atoms. The molecule has 40 heavy (non-hydrogen) atoms. The van der Waals surface area contributed by atoms with E-state index in [2.05, 4.69) is 46.1 Å². The van der Waals surface area contributed by atoms with Gasteiger partial charge < -0.3 is 29.1 Å². The molecule has 1 saturated heterocycles. The van der Waals surface area contributed by atoms with E-state index in [1.54, 1.807) is 0 Å². The summed E-state index contributed by atoms with van der Waals surface area (Å²) in [4.78, 5) is 12.8. The molecule has 0 aromatic rings. The Bertz CT molecular complexity index is 715. The Balaban J connectivity index is 2.76. The Morgan fingerprint density at radius 2 is 1.35 bits per heavy atom. The molecule has 7 nitrogen and oxygen atoms in total. The summed E-state index contributed by atoms with van der Waals surface area (Å²) in [6.45, 7) is 22.7. The molecule has 2 N–H and O–H groups in total.